The molecule has 1 heterocycles. The summed E-state index contributed by atoms with van der Waals surface area (Å²) in [5.41, 5.74) is 0.472. The SMILES string of the molecule is O=C1CC(Nc2ccccc2F)C(=O)N1c1cccc(O)c1. The van der Waals surface area contributed by atoms with Crippen molar-refractivity contribution in [2.75, 3.05) is 10.2 Å². The molecule has 2 N–H and O–H groups in total. The van der Waals surface area contributed by atoms with E-state index in [1.54, 1.807) is 24.3 Å². The molecule has 1 unspecified atom stereocenters. The van der Waals surface area contributed by atoms with E-state index in [1.165, 1.54) is 24.3 Å². The van der Waals surface area contributed by atoms with Crippen LogP contribution in [0.2, 0.25) is 0 Å². The van der Waals surface area contributed by atoms with Crippen molar-refractivity contribution in [2.45, 2.75) is 12.5 Å². The van der Waals surface area contributed by atoms with Crippen molar-refractivity contribution in [1.82, 2.24) is 0 Å². The standard InChI is InChI=1S/C16H13FN2O3/c17-12-6-1-2-7-13(12)18-14-9-15(21)19(16(14)22)10-4-3-5-11(20)8-10/h1-8,14,18,20H,9H2. The van der Waals surface area contributed by atoms with Crippen molar-refractivity contribution in [1.29, 1.82) is 0 Å². The number of benzene rings is 2. The Balaban J connectivity index is 1.84. The van der Waals surface area contributed by atoms with E-state index in [1.807, 2.05) is 0 Å². The predicted molar refractivity (Wildman–Crippen MR) is 79.0 cm³/mol. The first-order chi connectivity index (χ1) is 10.6. The van der Waals surface area contributed by atoms with Gasteiger partial charge in [-0.3, -0.25) is 9.59 Å². The summed E-state index contributed by atoms with van der Waals surface area (Å²) in [6.07, 6.45) is -0.0666. The Morgan fingerprint density at radius 3 is 2.64 bits per heavy atom. The molecular weight excluding hydrogens is 287 g/mol. The molecule has 2 aromatic rings. The van der Waals surface area contributed by atoms with Gasteiger partial charge in [0.15, 0.2) is 0 Å². The molecule has 1 fully saturated rings. The van der Waals surface area contributed by atoms with E-state index in [9.17, 15) is 19.1 Å². The van der Waals surface area contributed by atoms with Crippen LogP contribution < -0.4 is 10.2 Å². The van der Waals surface area contributed by atoms with Gasteiger partial charge in [0.25, 0.3) is 5.91 Å². The van der Waals surface area contributed by atoms with E-state index in [4.69, 9.17) is 0 Å². The molecule has 1 saturated heterocycles. The molecule has 5 nitrogen and oxygen atoms in total. The molecule has 2 aromatic carbocycles. The summed E-state index contributed by atoms with van der Waals surface area (Å²) in [4.78, 5) is 25.5. The lowest BCUT2D eigenvalue weighted by molar-refractivity contribution is -0.121. The van der Waals surface area contributed by atoms with Crippen LogP contribution in [0.1, 0.15) is 6.42 Å². The molecule has 0 aliphatic carbocycles. The fourth-order valence-corrected chi connectivity index (χ4v) is 2.41. The molecule has 0 radical (unpaired) electrons. The molecule has 112 valence electrons. The molecule has 1 aliphatic heterocycles. The van der Waals surface area contributed by atoms with Crippen LogP contribution >= 0.6 is 0 Å². The van der Waals surface area contributed by atoms with Crippen LogP contribution in [0.15, 0.2) is 48.5 Å². The second kappa shape index (κ2) is 5.48. The van der Waals surface area contributed by atoms with Gasteiger partial charge in [-0.05, 0) is 24.3 Å². The zero-order valence-corrected chi connectivity index (χ0v) is 11.5. The normalized spacial score (nSPS) is 17.9. The predicted octanol–water partition coefficient (Wildman–Crippen LogP) is 2.28. The number of imide groups is 1. The third-order valence-electron chi connectivity index (χ3n) is 3.44. The Hall–Kier alpha value is -2.89. The minimum atomic E-state index is -0.827. The number of carbonyl (C=O) groups is 2. The topological polar surface area (TPSA) is 69.6 Å². The summed E-state index contributed by atoms with van der Waals surface area (Å²) in [5.74, 6) is -1.40. The van der Waals surface area contributed by atoms with Gasteiger partial charge in [-0.25, -0.2) is 9.29 Å². The van der Waals surface area contributed by atoms with Gasteiger partial charge >= 0.3 is 0 Å². The van der Waals surface area contributed by atoms with Crippen LogP contribution in [-0.2, 0) is 9.59 Å². The van der Waals surface area contributed by atoms with Gasteiger partial charge in [0, 0.05) is 6.07 Å². The smallest absolute Gasteiger partial charge is 0.256 e. The number of aromatic hydroxyl groups is 1. The first kappa shape index (κ1) is 14.1. The number of carbonyl (C=O) groups excluding carboxylic acids is 2. The number of amides is 2. The first-order valence-electron chi connectivity index (χ1n) is 6.73. The van der Waals surface area contributed by atoms with Crippen LogP contribution in [0, 0.1) is 5.82 Å². The number of nitrogens with zero attached hydrogens (tertiary/aromatic N) is 1. The lowest BCUT2D eigenvalue weighted by atomic mass is 10.2. The maximum absolute atomic E-state index is 13.6. The van der Waals surface area contributed by atoms with Crippen molar-refractivity contribution in [2.24, 2.45) is 0 Å². The molecule has 1 atom stereocenters. The Morgan fingerprint density at radius 1 is 1.14 bits per heavy atom. The monoisotopic (exact) mass is 300 g/mol. The van der Waals surface area contributed by atoms with Crippen LogP contribution in [0.25, 0.3) is 0 Å². The largest absolute Gasteiger partial charge is 0.508 e. The van der Waals surface area contributed by atoms with Gasteiger partial charge in [0.2, 0.25) is 5.91 Å². The number of anilines is 2. The first-order valence-corrected chi connectivity index (χ1v) is 6.73. The molecule has 6 heteroatoms. The van der Waals surface area contributed by atoms with Crippen molar-refractivity contribution in [3.8, 4) is 5.75 Å². The molecule has 0 spiro atoms. The highest BCUT2D eigenvalue weighted by Crippen LogP contribution is 2.27. The molecule has 3 rings (SSSR count). The minimum Gasteiger partial charge on any atom is -0.508 e. The van der Waals surface area contributed by atoms with E-state index < -0.39 is 23.7 Å². The number of hydrogen-bond donors (Lipinski definition) is 2. The zero-order chi connectivity index (χ0) is 15.7. The summed E-state index contributed by atoms with van der Waals surface area (Å²) in [6, 6.07) is 11.0. The highest BCUT2D eigenvalue weighted by molar-refractivity contribution is 6.23. The lowest BCUT2D eigenvalue weighted by Crippen LogP contribution is -2.34. The van der Waals surface area contributed by atoms with E-state index in [-0.39, 0.29) is 17.9 Å². The second-order valence-electron chi connectivity index (χ2n) is 4.97. The molecular formula is C16H13FN2O3. The van der Waals surface area contributed by atoms with Crippen LogP contribution in [0.5, 0.6) is 5.75 Å². The average molecular weight is 300 g/mol. The van der Waals surface area contributed by atoms with Gasteiger partial charge in [-0.2, -0.15) is 0 Å². The summed E-state index contributed by atoms with van der Waals surface area (Å²) in [5, 5.41) is 12.2. The highest BCUT2D eigenvalue weighted by Gasteiger charge is 2.39. The number of phenols is 1. The van der Waals surface area contributed by atoms with Crippen LogP contribution in [-0.4, -0.2) is 23.0 Å². The number of phenolic OH excluding ortho intramolecular Hbond substituents is 1. The number of nitrogens with one attached hydrogen (secondary N) is 1. The van der Waals surface area contributed by atoms with E-state index in [0.29, 0.717) is 5.69 Å². The molecule has 1 aliphatic rings. The fourth-order valence-electron chi connectivity index (χ4n) is 2.41. The zero-order valence-electron chi connectivity index (χ0n) is 11.5. The van der Waals surface area contributed by atoms with Gasteiger partial charge in [0.1, 0.15) is 17.6 Å². The van der Waals surface area contributed by atoms with Crippen molar-refractivity contribution in [3.63, 3.8) is 0 Å². The number of rotatable bonds is 3. The summed E-state index contributed by atoms with van der Waals surface area (Å²) >= 11 is 0. The summed E-state index contributed by atoms with van der Waals surface area (Å²) < 4.78 is 13.6. The molecule has 0 aromatic heterocycles. The average Bonchev–Trinajstić information content (AvgIpc) is 2.76. The second-order valence-corrected chi connectivity index (χ2v) is 4.97. The summed E-state index contributed by atoms with van der Waals surface area (Å²) in [7, 11) is 0. The minimum absolute atomic E-state index is 0.0383. The quantitative estimate of drug-likeness (QED) is 0.853. The number of halogens is 1. The van der Waals surface area contributed by atoms with Gasteiger partial charge < -0.3 is 10.4 Å². The van der Waals surface area contributed by atoms with Crippen molar-refractivity contribution in [3.05, 3.63) is 54.3 Å². The maximum Gasteiger partial charge on any atom is 0.256 e. The fraction of sp³-hybridized carbons (Fsp3) is 0.125. The maximum atomic E-state index is 13.6. The molecule has 22 heavy (non-hydrogen) atoms. The van der Waals surface area contributed by atoms with Gasteiger partial charge in [-0.1, -0.05) is 18.2 Å². The Labute approximate surface area is 126 Å². The van der Waals surface area contributed by atoms with Crippen LogP contribution in [0.4, 0.5) is 15.8 Å². The Bertz CT molecular complexity index is 748. The third kappa shape index (κ3) is 2.50. The third-order valence-corrected chi connectivity index (χ3v) is 3.44. The van der Waals surface area contributed by atoms with Gasteiger partial charge in [0.05, 0.1) is 17.8 Å². The molecule has 0 saturated carbocycles. The molecule has 0 bridgehead atoms. The number of hydrogen-bond acceptors (Lipinski definition) is 4. The molecule has 2 amide bonds. The van der Waals surface area contributed by atoms with E-state index in [2.05, 4.69) is 5.32 Å². The van der Waals surface area contributed by atoms with E-state index in [0.717, 1.165) is 4.90 Å². The van der Waals surface area contributed by atoms with Crippen molar-refractivity contribution >= 4 is 23.2 Å². The number of para-hydroxylation sites is 1. The summed E-state index contributed by atoms with van der Waals surface area (Å²) in [6.45, 7) is 0. The van der Waals surface area contributed by atoms with Crippen LogP contribution in [0.3, 0.4) is 0 Å². The lowest BCUT2D eigenvalue weighted by Gasteiger charge is -2.16. The Kier molecular flexibility index (Phi) is 3.50. The van der Waals surface area contributed by atoms with Crippen molar-refractivity contribution < 1.29 is 19.1 Å². The highest BCUT2D eigenvalue weighted by atomic mass is 19.1. The Morgan fingerprint density at radius 2 is 1.91 bits per heavy atom. The van der Waals surface area contributed by atoms with Gasteiger partial charge in [-0.15, -0.1) is 0 Å². The van der Waals surface area contributed by atoms with E-state index >= 15 is 0 Å².